The predicted octanol–water partition coefficient (Wildman–Crippen LogP) is 1.26. The molecule has 0 radical (unpaired) electrons. The zero-order chi connectivity index (χ0) is 8.55. The first kappa shape index (κ1) is 7.62. The predicted molar refractivity (Wildman–Crippen MR) is 48.4 cm³/mol. The highest BCUT2D eigenvalue weighted by molar-refractivity contribution is 5.38. The number of rotatable bonds is 0. The summed E-state index contributed by atoms with van der Waals surface area (Å²) in [6.07, 6.45) is 0.941. The van der Waals surface area contributed by atoms with Crippen LogP contribution in [0.25, 0.3) is 0 Å². The van der Waals surface area contributed by atoms with Crippen molar-refractivity contribution in [1.29, 1.82) is 0 Å². The van der Waals surface area contributed by atoms with E-state index in [4.69, 9.17) is 10.5 Å². The fourth-order valence-electron chi connectivity index (χ4n) is 1.55. The highest BCUT2D eigenvalue weighted by atomic mass is 16.5. The van der Waals surface area contributed by atoms with Gasteiger partial charge in [-0.2, -0.15) is 0 Å². The Morgan fingerprint density at radius 1 is 1.50 bits per heavy atom. The molecule has 0 unspecified atom stereocenters. The van der Waals surface area contributed by atoms with E-state index in [0.717, 1.165) is 12.2 Å². The number of fused-ring (bicyclic) bond motifs is 1. The van der Waals surface area contributed by atoms with Gasteiger partial charge < -0.3 is 10.5 Å². The fraction of sp³-hybridized carbons (Fsp3) is 0.400. The van der Waals surface area contributed by atoms with Gasteiger partial charge >= 0.3 is 0 Å². The third-order valence-electron chi connectivity index (χ3n) is 2.15. The summed E-state index contributed by atoms with van der Waals surface area (Å²) in [4.78, 5) is 0. The summed E-state index contributed by atoms with van der Waals surface area (Å²) in [5, 5.41) is 0. The molecule has 1 aromatic rings. The van der Waals surface area contributed by atoms with E-state index in [0.29, 0.717) is 6.61 Å². The van der Waals surface area contributed by atoms with Gasteiger partial charge in [0.15, 0.2) is 0 Å². The molecule has 0 saturated heterocycles. The zero-order valence-corrected chi connectivity index (χ0v) is 7.21. The maximum absolute atomic E-state index is 5.77. The van der Waals surface area contributed by atoms with Crippen LogP contribution in [0.15, 0.2) is 18.2 Å². The maximum Gasteiger partial charge on any atom is 0.122 e. The van der Waals surface area contributed by atoms with E-state index < -0.39 is 0 Å². The van der Waals surface area contributed by atoms with Crippen LogP contribution in [0, 0.1) is 6.92 Å². The highest BCUT2D eigenvalue weighted by Crippen LogP contribution is 2.24. The van der Waals surface area contributed by atoms with Crippen molar-refractivity contribution in [2.45, 2.75) is 19.4 Å². The summed E-state index contributed by atoms with van der Waals surface area (Å²) in [5.41, 5.74) is 8.29. The minimum Gasteiger partial charge on any atom is -0.492 e. The molecule has 1 heterocycles. The molecule has 64 valence electrons. The fourth-order valence-corrected chi connectivity index (χ4v) is 1.55. The number of nitrogens with two attached hydrogens (primary N) is 1. The van der Waals surface area contributed by atoms with Crippen molar-refractivity contribution in [1.82, 2.24) is 0 Å². The first-order valence-electron chi connectivity index (χ1n) is 4.23. The van der Waals surface area contributed by atoms with E-state index in [1.165, 1.54) is 11.1 Å². The Bertz CT molecular complexity index is 296. The topological polar surface area (TPSA) is 35.2 Å². The summed E-state index contributed by atoms with van der Waals surface area (Å²) in [6, 6.07) is 6.40. The van der Waals surface area contributed by atoms with Gasteiger partial charge in [0, 0.05) is 6.04 Å². The molecule has 0 aromatic heterocycles. The molecule has 0 bridgehead atoms. The zero-order valence-electron chi connectivity index (χ0n) is 7.21. The molecule has 1 aliphatic heterocycles. The lowest BCUT2D eigenvalue weighted by Crippen LogP contribution is -2.33. The Morgan fingerprint density at radius 2 is 2.33 bits per heavy atom. The first-order chi connectivity index (χ1) is 5.75. The van der Waals surface area contributed by atoms with Gasteiger partial charge in [-0.1, -0.05) is 17.7 Å². The number of ether oxygens (including phenoxy) is 1. The second kappa shape index (κ2) is 2.79. The Kier molecular flexibility index (Phi) is 1.77. The Labute approximate surface area is 72.3 Å². The van der Waals surface area contributed by atoms with Crippen LogP contribution in [0.5, 0.6) is 5.75 Å². The number of aryl methyl sites for hydroxylation is 1. The molecule has 2 N–H and O–H groups in total. The van der Waals surface area contributed by atoms with Gasteiger partial charge in [0.1, 0.15) is 12.4 Å². The molecule has 0 amide bonds. The monoisotopic (exact) mass is 163 g/mol. The van der Waals surface area contributed by atoms with Crippen LogP contribution in [-0.2, 0) is 6.42 Å². The van der Waals surface area contributed by atoms with Crippen molar-refractivity contribution in [2.75, 3.05) is 6.61 Å². The molecule has 1 aliphatic rings. The van der Waals surface area contributed by atoms with Crippen molar-refractivity contribution in [3.63, 3.8) is 0 Å². The van der Waals surface area contributed by atoms with Crippen LogP contribution in [0.2, 0.25) is 0 Å². The lowest BCUT2D eigenvalue weighted by molar-refractivity contribution is 0.263. The third kappa shape index (κ3) is 1.30. The van der Waals surface area contributed by atoms with E-state index in [9.17, 15) is 0 Å². The molecular weight excluding hydrogens is 150 g/mol. The van der Waals surface area contributed by atoms with E-state index in [1.807, 2.05) is 6.07 Å². The van der Waals surface area contributed by atoms with E-state index in [2.05, 4.69) is 19.1 Å². The molecule has 2 rings (SSSR count). The minimum atomic E-state index is 0.166. The molecule has 0 saturated carbocycles. The normalized spacial score (nSPS) is 21.3. The lowest BCUT2D eigenvalue weighted by Gasteiger charge is -2.22. The van der Waals surface area contributed by atoms with Gasteiger partial charge in [-0.15, -0.1) is 0 Å². The van der Waals surface area contributed by atoms with Gasteiger partial charge in [-0.05, 0) is 25.0 Å². The van der Waals surface area contributed by atoms with Crippen molar-refractivity contribution in [2.24, 2.45) is 5.73 Å². The largest absolute Gasteiger partial charge is 0.492 e. The maximum atomic E-state index is 5.77. The molecule has 2 heteroatoms. The molecular formula is C10H13NO. The van der Waals surface area contributed by atoms with Crippen molar-refractivity contribution in [3.8, 4) is 5.75 Å². The molecule has 0 aliphatic carbocycles. The summed E-state index contributed by atoms with van der Waals surface area (Å²) >= 11 is 0. The quantitative estimate of drug-likeness (QED) is 0.625. The lowest BCUT2D eigenvalue weighted by atomic mass is 10.0. The Balaban J connectivity index is 2.37. The van der Waals surface area contributed by atoms with E-state index in [1.54, 1.807) is 0 Å². The van der Waals surface area contributed by atoms with Crippen molar-refractivity contribution >= 4 is 0 Å². The number of benzene rings is 1. The van der Waals surface area contributed by atoms with Crippen molar-refractivity contribution in [3.05, 3.63) is 29.3 Å². The van der Waals surface area contributed by atoms with Gasteiger partial charge in [-0.3, -0.25) is 0 Å². The Morgan fingerprint density at radius 3 is 3.17 bits per heavy atom. The second-order valence-electron chi connectivity index (χ2n) is 3.39. The van der Waals surface area contributed by atoms with Crippen LogP contribution in [0.3, 0.4) is 0 Å². The number of hydrogen-bond donors (Lipinski definition) is 1. The van der Waals surface area contributed by atoms with Gasteiger partial charge in [0.25, 0.3) is 0 Å². The molecule has 1 atom stereocenters. The van der Waals surface area contributed by atoms with Crippen molar-refractivity contribution < 1.29 is 4.74 Å². The minimum absolute atomic E-state index is 0.166. The third-order valence-corrected chi connectivity index (χ3v) is 2.15. The van der Waals surface area contributed by atoms with Gasteiger partial charge in [-0.25, -0.2) is 0 Å². The van der Waals surface area contributed by atoms with Crippen LogP contribution in [0.4, 0.5) is 0 Å². The average molecular weight is 163 g/mol. The Hall–Kier alpha value is -1.02. The molecule has 0 fully saturated rings. The van der Waals surface area contributed by atoms with Crippen LogP contribution >= 0.6 is 0 Å². The molecule has 12 heavy (non-hydrogen) atoms. The first-order valence-corrected chi connectivity index (χ1v) is 4.23. The van der Waals surface area contributed by atoms with Crippen LogP contribution in [0.1, 0.15) is 11.1 Å². The summed E-state index contributed by atoms with van der Waals surface area (Å²) in [6.45, 7) is 2.73. The standard InChI is InChI=1S/C10H13NO/c1-7-2-3-10-8(4-7)5-9(11)6-12-10/h2-4,9H,5-6,11H2,1H3/t9-/m1/s1. The molecule has 2 nitrogen and oxygen atoms in total. The van der Waals surface area contributed by atoms with E-state index in [-0.39, 0.29) is 6.04 Å². The SMILES string of the molecule is Cc1ccc2c(c1)C[C@@H](N)CO2. The van der Waals surface area contributed by atoms with Gasteiger partial charge in [0.2, 0.25) is 0 Å². The average Bonchev–Trinajstić information content (AvgIpc) is 2.03. The summed E-state index contributed by atoms with van der Waals surface area (Å²) in [5.74, 6) is 1.00. The second-order valence-corrected chi connectivity index (χ2v) is 3.39. The summed E-state index contributed by atoms with van der Waals surface area (Å²) in [7, 11) is 0. The highest BCUT2D eigenvalue weighted by Gasteiger charge is 2.15. The number of hydrogen-bond acceptors (Lipinski definition) is 2. The van der Waals surface area contributed by atoms with E-state index >= 15 is 0 Å². The molecule has 0 spiro atoms. The molecule has 1 aromatic carbocycles. The van der Waals surface area contributed by atoms with Gasteiger partial charge in [0.05, 0.1) is 0 Å². The van der Waals surface area contributed by atoms with Crippen LogP contribution < -0.4 is 10.5 Å². The summed E-state index contributed by atoms with van der Waals surface area (Å²) < 4.78 is 5.47. The van der Waals surface area contributed by atoms with Crippen LogP contribution in [-0.4, -0.2) is 12.6 Å². The smallest absolute Gasteiger partial charge is 0.122 e.